The predicted octanol–water partition coefficient (Wildman–Crippen LogP) is 4.76. The van der Waals surface area contributed by atoms with Gasteiger partial charge < -0.3 is 4.74 Å². The molecular weight excluding hydrogens is 521 g/mol. The van der Waals surface area contributed by atoms with Gasteiger partial charge in [0.25, 0.3) is 10.0 Å². The predicted molar refractivity (Wildman–Crippen MR) is 132 cm³/mol. The Labute approximate surface area is 210 Å². The van der Waals surface area contributed by atoms with Crippen LogP contribution in [0.2, 0.25) is 4.34 Å². The van der Waals surface area contributed by atoms with Crippen LogP contribution < -0.4 is 4.90 Å². The second kappa shape index (κ2) is 9.79. The summed E-state index contributed by atoms with van der Waals surface area (Å²) in [5.41, 5.74) is 0.253. The van der Waals surface area contributed by atoms with Crippen molar-refractivity contribution < 1.29 is 22.3 Å². The molecule has 0 spiro atoms. The number of amides is 1. The number of fused-ring (bicyclic) bond motifs is 1. The van der Waals surface area contributed by atoms with Crippen molar-refractivity contribution in [2.75, 3.05) is 31.1 Å². The molecule has 12 heteroatoms. The Morgan fingerprint density at radius 2 is 2.00 bits per heavy atom. The number of sulfonamides is 1. The van der Waals surface area contributed by atoms with Gasteiger partial charge in [-0.25, -0.2) is 17.8 Å². The zero-order chi connectivity index (χ0) is 23.9. The number of piperidine rings is 1. The highest BCUT2D eigenvalue weighted by Crippen LogP contribution is 2.35. The SMILES string of the molecule is O=C(C1CCN(S(=O)(=O)c2ccc(Cl)s2)CC1)N(CC1CCCO1)c1nc2c(F)cccc2s1. The summed E-state index contributed by atoms with van der Waals surface area (Å²) in [5, 5.41) is 0.448. The molecule has 34 heavy (non-hydrogen) atoms. The average Bonchev–Trinajstić information content (AvgIpc) is 3.58. The van der Waals surface area contributed by atoms with E-state index >= 15 is 0 Å². The molecule has 7 nitrogen and oxygen atoms in total. The second-order valence-electron chi connectivity index (χ2n) is 8.40. The van der Waals surface area contributed by atoms with E-state index < -0.39 is 15.8 Å². The summed E-state index contributed by atoms with van der Waals surface area (Å²) in [6.45, 7) is 1.50. The molecule has 1 unspecified atom stereocenters. The van der Waals surface area contributed by atoms with Crippen molar-refractivity contribution in [2.24, 2.45) is 5.92 Å². The van der Waals surface area contributed by atoms with Gasteiger partial charge in [-0.05, 0) is 49.9 Å². The van der Waals surface area contributed by atoms with Gasteiger partial charge in [0.2, 0.25) is 5.91 Å². The van der Waals surface area contributed by atoms with Crippen LogP contribution in [0.3, 0.4) is 0 Å². The minimum absolute atomic E-state index is 0.0927. The van der Waals surface area contributed by atoms with Crippen LogP contribution in [0.4, 0.5) is 9.52 Å². The van der Waals surface area contributed by atoms with Crippen molar-refractivity contribution >= 4 is 65.6 Å². The van der Waals surface area contributed by atoms with Crippen molar-refractivity contribution in [1.29, 1.82) is 0 Å². The number of thiophene rings is 1. The Bertz CT molecular complexity index is 1300. The Balaban J connectivity index is 1.35. The molecule has 3 aromatic rings. The van der Waals surface area contributed by atoms with Gasteiger partial charge in [-0.2, -0.15) is 4.31 Å². The summed E-state index contributed by atoms with van der Waals surface area (Å²) in [5.74, 6) is -0.889. The van der Waals surface area contributed by atoms with Crippen LogP contribution in [0.25, 0.3) is 10.2 Å². The molecule has 2 saturated heterocycles. The first-order valence-corrected chi connectivity index (χ1v) is 14.5. The topological polar surface area (TPSA) is 79.8 Å². The average molecular weight is 544 g/mol. The first-order chi connectivity index (χ1) is 16.3. The minimum atomic E-state index is -3.63. The molecule has 0 saturated carbocycles. The van der Waals surface area contributed by atoms with Crippen molar-refractivity contribution in [3.05, 3.63) is 40.5 Å². The third-order valence-electron chi connectivity index (χ3n) is 6.21. The lowest BCUT2D eigenvalue weighted by Crippen LogP contribution is -2.46. The summed E-state index contributed by atoms with van der Waals surface area (Å²) in [6.07, 6.45) is 2.49. The zero-order valence-electron chi connectivity index (χ0n) is 18.2. The fraction of sp³-hybridized carbons (Fsp3) is 0.455. The van der Waals surface area contributed by atoms with Crippen molar-refractivity contribution in [2.45, 2.75) is 36.0 Å². The number of hydrogen-bond donors (Lipinski definition) is 0. The minimum Gasteiger partial charge on any atom is -0.376 e. The Kier molecular flexibility index (Phi) is 6.93. The molecule has 1 atom stereocenters. The third-order valence-corrected chi connectivity index (χ3v) is 10.9. The molecule has 0 N–H and O–H groups in total. The molecule has 0 aliphatic carbocycles. The van der Waals surface area contributed by atoms with E-state index in [-0.39, 0.29) is 40.7 Å². The van der Waals surface area contributed by atoms with Gasteiger partial charge in [0.05, 0.1) is 21.7 Å². The molecule has 0 bridgehead atoms. The van der Waals surface area contributed by atoms with Crippen molar-refractivity contribution in [1.82, 2.24) is 9.29 Å². The van der Waals surface area contributed by atoms with Gasteiger partial charge in [0, 0.05) is 25.6 Å². The number of ether oxygens (including phenoxy) is 1. The van der Waals surface area contributed by atoms with Crippen LogP contribution in [0, 0.1) is 11.7 Å². The summed E-state index contributed by atoms with van der Waals surface area (Å²) < 4.78 is 48.6. The molecule has 2 fully saturated rings. The fourth-order valence-electron chi connectivity index (χ4n) is 4.40. The highest BCUT2D eigenvalue weighted by atomic mass is 35.5. The van der Waals surface area contributed by atoms with Crippen LogP contribution in [0.1, 0.15) is 25.7 Å². The molecule has 4 heterocycles. The van der Waals surface area contributed by atoms with E-state index in [9.17, 15) is 17.6 Å². The van der Waals surface area contributed by atoms with E-state index in [1.165, 1.54) is 27.8 Å². The number of rotatable bonds is 6. The maximum absolute atomic E-state index is 14.3. The van der Waals surface area contributed by atoms with E-state index in [4.69, 9.17) is 16.3 Å². The number of carbonyl (C=O) groups is 1. The molecule has 1 aromatic carbocycles. The molecule has 2 aliphatic rings. The first kappa shape index (κ1) is 24.1. The second-order valence-corrected chi connectivity index (χ2v) is 13.3. The molecule has 2 aliphatic heterocycles. The van der Waals surface area contributed by atoms with Crippen LogP contribution in [0.15, 0.2) is 34.5 Å². The van der Waals surface area contributed by atoms with Crippen molar-refractivity contribution in [3.63, 3.8) is 0 Å². The van der Waals surface area contributed by atoms with Crippen LogP contribution >= 0.6 is 34.3 Å². The third kappa shape index (κ3) is 4.74. The number of carbonyl (C=O) groups excluding carboxylic acids is 1. The molecule has 0 radical (unpaired) electrons. The maximum atomic E-state index is 14.3. The Morgan fingerprint density at radius 3 is 2.65 bits per heavy atom. The van der Waals surface area contributed by atoms with Crippen molar-refractivity contribution in [3.8, 4) is 0 Å². The number of hydrogen-bond acceptors (Lipinski definition) is 7. The largest absolute Gasteiger partial charge is 0.376 e. The van der Waals surface area contributed by atoms with E-state index in [1.807, 2.05) is 0 Å². The number of thiazole rings is 1. The van der Waals surface area contributed by atoms with E-state index in [0.717, 1.165) is 24.2 Å². The van der Waals surface area contributed by atoms with Gasteiger partial charge >= 0.3 is 0 Å². The highest BCUT2D eigenvalue weighted by molar-refractivity contribution is 7.91. The van der Waals surface area contributed by atoms with Crippen LogP contribution in [-0.4, -0.2) is 56.0 Å². The van der Waals surface area contributed by atoms with Gasteiger partial charge in [-0.1, -0.05) is 29.0 Å². The van der Waals surface area contributed by atoms with Gasteiger partial charge in [-0.3, -0.25) is 9.69 Å². The maximum Gasteiger partial charge on any atom is 0.252 e. The number of benzene rings is 1. The standard InChI is InChI=1S/C22H23ClFN3O4S3/c23-18-6-7-19(33-18)34(29,30)26-10-8-14(9-11-26)21(28)27(13-15-3-2-12-31-15)22-25-20-16(24)4-1-5-17(20)32-22/h1,4-7,14-15H,2-3,8-13H2. The quantitative estimate of drug-likeness (QED) is 0.448. The molecule has 1 amide bonds. The van der Waals surface area contributed by atoms with E-state index in [2.05, 4.69) is 4.98 Å². The first-order valence-electron chi connectivity index (χ1n) is 11.1. The lowest BCUT2D eigenvalue weighted by molar-refractivity contribution is -0.123. The Hall–Kier alpha value is -1.63. The van der Waals surface area contributed by atoms with E-state index in [0.29, 0.717) is 40.2 Å². The summed E-state index contributed by atoms with van der Waals surface area (Å²) in [4.78, 5) is 19.7. The lowest BCUT2D eigenvalue weighted by atomic mass is 9.96. The molecular formula is C22H23ClFN3O4S3. The van der Waals surface area contributed by atoms with Crippen LogP contribution in [-0.2, 0) is 19.6 Å². The Morgan fingerprint density at radius 1 is 1.21 bits per heavy atom. The smallest absolute Gasteiger partial charge is 0.252 e. The molecule has 2 aromatic heterocycles. The lowest BCUT2D eigenvalue weighted by Gasteiger charge is -2.33. The van der Waals surface area contributed by atoms with E-state index in [1.54, 1.807) is 23.1 Å². The normalized spacial score (nSPS) is 20.2. The monoisotopic (exact) mass is 543 g/mol. The van der Waals surface area contributed by atoms with Crippen LogP contribution in [0.5, 0.6) is 0 Å². The van der Waals surface area contributed by atoms with Gasteiger partial charge in [0.1, 0.15) is 15.5 Å². The molecule has 5 rings (SSSR count). The summed E-state index contributed by atoms with van der Waals surface area (Å²) in [7, 11) is -3.63. The van der Waals surface area contributed by atoms with Gasteiger partial charge in [-0.15, -0.1) is 11.3 Å². The zero-order valence-corrected chi connectivity index (χ0v) is 21.4. The number of nitrogens with zero attached hydrogens (tertiary/aromatic N) is 3. The number of anilines is 1. The van der Waals surface area contributed by atoms with Gasteiger partial charge in [0.15, 0.2) is 5.13 Å². The fourth-order valence-corrected chi connectivity index (χ4v) is 8.50. The number of aromatic nitrogens is 1. The summed E-state index contributed by atoms with van der Waals surface area (Å²) in [6, 6.07) is 7.85. The highest BCUT2D eigenvalue weighted by Gasteiger charge is 2.36. The number of halogens is 2. The summed E-state index contributed by atoms with van der Waals surface area (Å²) >= 11 is 8.23. The number of para-hydroxylation sites is 1. The molecule has 182 valence electrons.